The van der Waals surface area contributed by atoms with Crippen molar-refractivity contribution in [3.8, 4) is 16.9 Å². The number of hydrogen-bond donors (Lipinski definition) is 3. The average molecular weight is 516 g/mol. The van der Waals surface area contributed by atoms with E-state index in [0.29, 0.717) is 10.8 Å². The second-order valence-electron chi connectivity index (χ2n) is 7.80. The smallest absolute Gasteiger partial charge is 0.283 e. The molecule has 0 saturated heterocycles. The van der Waals surface area contributed by atoms with Crippen LogP contribution in [-0.2, 0) is 16.6 Å². The maximum absolute atomic E-state index is 13.3. The molecule has 35 heavy (non-hydrogen) atoms. The van der Waals surface area contributed by atoms with E-state index in [9.17, 15) is 18.3 Å². The fraction of sp³-hybridized carbons (Fsp3) is 0.261. The highest BCUT2D eigenvalue weighted by Crippen LogP contribution is 2.29. The summed E-state index contributed by atoms with van der Waals surface area (Å²) in [5.41, 5.74) is 3.46. The summed E-state index contributed by atoms with van der Waals surface area (Å²) < 4.78 is 31.2. The van der Waals surface area contributed by atoms with Crippen molar-refractivity contribution < 1.29 is 23.1 Å². The van der Waals surface area contributed by atoms with E-state index in [-0.39, 0.29) is 38.8 Å². The SMILES string of the molecule is CS(=O)(=O)NCCOc1cccc(CN(CCO)C(=O)c2nc3ccc(-c4cn[nH]c4)cc3s2)c1. The van der Waals surface area contributed by atoms with E-state index in [1.165, 1.54) is 11.3 Å². The first-order valence-corrected chi connectivity index (χ1v) is 13.5. The summed E-state index contributed by atoms with van der Waals surface area (Å²) in [6.07, 6.45) is 4.62. The Labute approximate surface area is 206 Å². The van der Waals surface area contributed by atoms with Crippen molar-refractivity contribution in [2.24, 2.45) is 0 Å². The number of hydrogen-bond acceptors (Lipinski definition) is 8. The van der Waals surface area contributed by atoms with E-state index in [1.54, 1.807) is 35.5 Å². The molecule has 2 heterocycles. The van der Waals surface area contributed by atoms with E-state index < -0.39 is 10.0 Å². The maximum Gasteiger partial charge on any atom is 0.283 e. The Balaban J connectivity index is 1.46. The van der Waals surface area contributed by atoms with Crippen LogP contribution in [0.3, 0.4) is 0 Å². The number of amides is 1. The molecule has 3 N–H and O–H groups in total. The molecule has 2 aromatic heterocycles. The molecule has 0 saturated carbocycles. The zero-order valence-corrected chi connectivity index (χ0v) is 20.6. The first-order chi connectivity index (χ1) is 16.8. The van der Waals surface area contributed by atoms with Crippen LogP contribution in [-0.4, -0.2) is 72.1 Å². The summed E-state index contributed by atoms with van der Waals surface area (Å²) in [4.78, 5) is 19.3. The van der Waals surface area contributed by atoms with Crippen LogP contribution >= 0.6 is 11.3 Å². The molecule has 0 unspecified atom stereocenters. The van der Waals surface area contributed by atoms with Crippen molar-refractivity contribution in [2.45, 2.75) is 6.54 Å². The predicted octanol–water partition coefficient (Wildman–Crippen LogP) is 2.25. The molecule has 2 aromatic carbocycles. The third-order valence-electron chi connectivity index (χ3n) is 5.07. The molecule has 0 aliphatic heterocycles. The van der Waals surface area contributed by atoms with Crippen LogP contribution in [0.4, 0.5) is 0 Å². The van der Waals surface area contributed by atoms with Crippen molar-refractivity contribution in [3.05, 3.63) is 65.4 Å². The molecule has 0 radical (unpaired) electrons. The Morgan fingerprint density at radius 2 is 2.09 bits per heavy atom. The highest BCUT2D eigenvalue weighted by Gasteiger charge is 2.20. The third-order valence-corrected chi connectivity index (χ3v) is 6.80. The number of aromatic nitrogens is 3. The minimum Gasteiger partial charge on any atom is -0.492 e. The number of H-pyrrole nitrogens is 1. The molecule has 4 rings (SSSR count). The second kappa shape index (κ2) is 11.0. The topological polar surface area (TPSA) is 138 Å². The summed E-state index contributed by atoms with van der Waals surface area (Å²) in [7, 11) is -3.28. The van der Waals surface area contributed by atoms with E-state index in [4.69, 9.17) is 4.74 Å². The lowest BCUT2D eigenvalue weighted by Gasteiger charge is -2.21. The van der Waals surface area contributed by atoms with Crippen LogP contribution in [0, 0.1) is 0 Å². The number of sulfonamides is 1. The molecule has 0 aliphatic carbocycles. The van der Waals surface area contributed by atoms with E-state index in [0.717, 1.165) is 33.2 Å². The second-order valence-corrected chi connectivity index (χ2v) is 10.7. The highest BCUT2D eigenvalue weighted by molar-refractivity contribution is 7.88. The summed E-state index contributed by atoms with van der Waals surface area (Å²) in [6, 6.07) is 13.0. The van der Waals surface area contributed by atoms with E-state index in [1.807, 2.05) is 24.3 Å². The van der Waals surface area contributed by atoms with Crippen LogP contribution in [0.5, 0.6) is 5.75 Å². The molecule has 0 spiro atoms. The summed E-state index contributed by atoms with van der Waals surface area (Å²) in [6.45, 7) is 0.543. The fourth-order valence-electron chi connectivity index (χ4n) is 3.46. The van der Waals surface area contributed by atoms with Crippen LogP contribution in [0.1, 0.15) is 15.4 Å². The van der Waals surface area contributed by atoms with Gasteiger partial charge in [-0.05, 0) is 35.4 Å². The number of aliphatic hydroxyl groups excluding tert-OH is 1. The van der Waals surface area contributed by atoms with E-state index in [2.05, 4.69) is 19.9 Å². The number of carbonyl (C=O) groups excluding carboxylic acids is 1. The summed E-state index contributed by atoms with van der Waals surface area (Å²) >= 11 is 1.30. The molecule has 0 bridgehead atoms. The van der Waals surface area contributed by atoms with Gasteiger partial charge in [-0.1, -0.05) is 18.2 Å². The highest BCUT2D eigenvalue weighted by atomic mass is 32.2. The number of nitrogens with one attached hydrogen (secondary N) is 2. The number of ether oxygens (including phenoxy) is 1. The van der Waals surface area contributed by atoms with Gasteiger partial charge in [-0.2, -0.15) is 5.10 Å². The number of thiazole rings is 1. The van der Waals surface area contributed by atoms with Crippen molar-refractivity contribution in [1.29, 1.82) is 0 Å². The van der Waals surface area contributed by atoms with Gasteiger partial charge >= 0.3 is 0 Å². The van der Waals surface area contributed by atoms with Gasteiger partial charge in [0.25, 0.3) is 5.91 Å². The van der Waals surface area contributed by atoms with Crippen LogP contribution in [0.25, 0.3) is 21.3 Å². The van der Waals surface area contributed by atoms with Gasteiger partial charge in [-0.15, -0.1) is 11.3 Å². The van der Waals surface area contributed by atoms with Crippen molar-refractivity contribution >= 4 is 37.5 Å². The molecule has 0 fully saturated rings. The standard InChI is InChI=1S/C23H25N5O5S2/c1-35(31,32)26-7-10-33-19-4-2-3-16(11-19)15-28(8-9-29)23(30)22-27-20-6-5-17(12-21(20)34-22)18-13-24-25-14-18/h2-6,11-14,26,29H,7-10,15H2,1H3,(H,24,25). The van der Waals surface area contributed by atoms with Crippen molar-refractivity contribution in [2.75, 3.05) is 32.6 Å². The van der Waals surface area contributed by atoms with Gasteiger partial charge in [0.1, 0.15) is 12.4 Å². The lowest BCUT2D eigenvalue weighted by Crippen LogP contribution is -2.33. The first-order valence-electron chi connectivity index (χ1n) is 10.8. The Morgan fingerprint density at radius 1 is 1.23 bits per heavy atom. The fourth-order valence-corrected chi connectivity index (χ4v) is 4.89. The largest absolute Gasteiger partial charge is 0.492 e. The quantitative estimate of drug-likeness (QED) is 0.261. The van der Waals surface area contributed by atoms with Crippen LogP contribution in [0.15, 0.2) is 54.9 Å². The van der Waals surface area contributed by atoms with Crippen molar-refractivity contribution in [1.82, 2.24) is 24.8 Å². The van der Waals surface area contributed by atoms with Gasteiger partial charge in [-0.25, -0.2) is 18.1 Å². The third kappa shape index (κ3) is 6.63. The minimum absolute atomic E-state index is 0.151. The zero-order chi connectivity index (χ0) is 24.8. The zero-order valence-electron chi connectivity index (χ0n) is 19.0. The number of carbonyl (C=O) groups is 1. The molecule has 0 aliphatic rings. The Kier molecular flexibility index (Phi) is 7.76. The number of aromatic amines is 1. The number of fused-ring (bicyclic) bond motifs is 1. The molecular formula is C23H25N5O5S2. The number of rotatable bonds is 11. The molecule has 10 nitrogen and oxygen atoms in total. The van der Waals surface area contributed by atoms with Gasteiger partial charge in [-0.3, -0.25) is 9.89 Å². The van der Waals surface area contributed by atoms with E-state index >= 15 is 0 Å². The van der Waals surface area contributed by atoms with Gasteiger partial charge in [0.15, 0.2) is 5.01 Å². The molecule has 12 heteroatoms. The lowest BCUT2D eigenvalue weighted by molar-refractivity contribution is 0.0707. The van der Waals surface area contributed by atoms with Crippen molar-refractivity contribution in [3.63, 3.8) is 0 Å². The Hall–Kier alpha value is -3.32. The monoisotopic (exact) mass is 515 g/mol. The van der Waals surface area contributed by atoms with Crippen LogP contribution < -0.4 is 9.46 Å². The van der Waals surface area contributed by atoms with Gasteiger partial charge < -0.3 is 14.7 Å². The summed E-state index contributed by atoms with van der Waals surface area (Å²) in [5.74, 6) is 0.287. The van der Waals surface area contributed by atoms with Crippen LogP contribution in [0.2, 0.25) is 0 Å². The summed E-state index contributed by atoms with van der Waals surface area (Å²) in [5, 5.41) is 16.7. The Bertz CT molecular complexity index is 1400. The molecule has 4 aromatic rings. The normalized spacial score (nSPS) is 11.6. The number of nitrogens with zero attached hydrogens (tertiary/aromatic N) is 3. The minimum atomic E-state index is -3.28. The number of benzene rings is 2. The lowest BCUT2D eigenvalue weighted by atomic mass is 10.1. The molecule has 184 valence electrons. The Morgan fingerprint density at radius 3 is 2.83 bits per heavy atom. The average Bonchev–Trinajstić information content (AvgIpc) is 3.50. The van der Waals surface area contributed by atoms with Gasteiger partial charge in [0.05, 0.1) is 29.3 Å². The molecule has 1 amide bonds. The molecule has 0 atom stereocenters. The number of aliphatic hydroxyl groups is 1. The predicted molar refractivity (Wildman–Crippen MR) is 134 cm³/mol. The van der Waals surface area contributed by atoms with Gasteiger partial charge in [0.2, 0.25) is 10.0 Å². The molecular weight excluding hydrogens is 490 g/mol. The maximum atomic E-state index is 13.3. The first kappa shape index (κ1) is 24.8. The van der Waals surface area contributed by atoms with Gasteiger partial charge in [0, 0.05) is 31.4 Å².